The minimum Gasteiger partial charge on any atom is -0.478 e. The van der Waals surface area contributed by atoms with E-state index < -0.39 is 5.97 Å². The molecule has 5 N–H and O–H groups in total. The number of carboxylic acid groups (broad SMARTS) is 1. The van der Waals surface area contributed by atoms with E-state index >= 15 is 0 Å². The third-order valence-corrected chi connectivity index (χ3v) is 6.06. The van der Waals surface area contributed by atoms with Gasteiger partial charge < -0.3 is 21.1 Å². The molecular weight excluding hydrogens is 470 g/mol. The van der Waals surface area contributed by atoms with E-state index in [9.17, 15) is 9.59 Å². The number of hydrogen-bond acceptors (Lipinski definition) is 9. The topological polar surface area (TPSA) is 149 Å². The number of likely N-dealkylation sites (tertiary alicyclic amines) is 1. The van der Waals surface area contributed by atoms with Crippen molar-refractivity contribution in [1.82, 2.24) is 19.8 Å². The molecule has 200 valence electrons. The molecule has 1 saturated carbocycles. The molecule has 1 unspecified atom stereocenters. The molecule has 4 rings (SSSR count). The van der Waals surface area contributed by atoms with Gasteiger partial charge in [-0.05, 0) is 58.1 Å². The minimum atomic E-state index is -1.01. The second-order valence-electron chi connectivity index (χ2n) is 8.87. The maximum absolute atomic E-state index is 11.0. The fraction of sp³-hybridized carbons (Fsp3) is 0.444. The first-order valence-electron chi connectivity index (χ1n) is 12.6. The number of aldehydes is 1. The number of hydrogen-bond donors (Lipinski definition) is 4. The van der Waals surface area contributed by atoms with Crippen LogP contribution < -0.4 is 11.1 Å². The number of carbonyl (C=O) groups is 2. The van der Waals surface area contributed by atoms with Gasteiger partial charge in [-0.15, -0.1) is 0 Å². The lowest BCUT2D eigenvalue weighted by atomic mass is 10.0. The van der Waals surface area contributed by atoms with Gasteiger partial charge in [-0.3, -0.25) is 15.1 Å². The van der Waals surface area contributed by atoms with E-state index in [0.29, 0.717) is 16.9 Å². The molecule has 2 aromatic rings. The van der Waals surface area contributed by atoms with Crippen LogP contribution in [-0.2, 0) is 4.79 Å². The first kappa shape index (κ1) is 29.6. The molecule has 1 aromatic carbocycles. The van der Waals surface area contributed by atoms with E-state index in [1.165, 1.54) is 31.3 Å². The van der Waals surface area contributed by atoms with E-state index in [-0.39, 0.29) is 23.1 Å². The Hall–Kier alpha value is -3.63. The number of nitrogens with zero attached hydrogens (tertiary/aromatic N) is 4. The number of nitrogens with two attached hydrogens (primary N) is 1. The lowest BCUT2D eigenvalue weighted by Crippen LogP contribution is -2.25. The van der Waals surface area contributed by atoms with Crippen LogP contribution in [0.3, 0.4) is 0 Å². The van der Waals surface area contributed by atoms with Crippen LogP contribution in [0.5, 0.6) is 0 Å². The van der Waals surface area contributed by atoms with Gasteiger partial charge in [-0.2, -0.15) is 0 Å². The van der Waals surface area contributed by atoms with Crippen LogP contribution in [0.4, 0.5) is 11.6 Å². The molecule has 1 aromatic heterocycles. The summed E-state index contributed by atoms with van der Waals surface area (Å²) < 4.78 is 0. The minimum absolute atomic E-state index is 0.156. The highest BCUT2D eigenvalue weighted by molar-refractivity contribution is 6.16. The number of rotatable bonds is 9. The number of nitrogens with one attached hydrogen (secondary N) is 2. The Balaban J connectivity index is 0.000000336. The Labute approximate surface area is 219 Å². The summed E-state index contributed by atoms with van der Waals surface area (Å²) >= 11 is 0. The fourth-order valence-electron chi connectivity index (χ4n) is 3.87. The maximum atomic E-state index is 11.0. The van der Waals surface area contributed by atoms with Gasteiger partial charge >= 0.3 is 5.97 Å². The lowest BCUT2D eigenvalue weighted by Gasteiger charge is -2.17. The lowest BCUT2D eigenvalue weighted by molar-refractivity contribution is -0.104. The van der Waals surface area contributed by atoms with Crippen molar-refractivity contribution < 1.29 is 14.7 Å². The van der Waals surface area contributed by atoms with Gasteiger partial charge in [0.2, 0.25) is 0 Å². The predicted octanol–water partition coefficient (Wildman–Crippen LogP) is 3.15. The van der Waals surface area contributed by atoms with Crippen LogP contribution >= 0.6 is 0 Å². The Morgan fingerprint density at radius 3 is 2.41 bits per heavy atom. The van der Waals surface area contributed by atoms with Crippen LogP contribution in [0, 0.1) is 5.41 Å². The van der Waals surface area contributed by atoms with E-state index in [0.717, 1.165) is 38.4 Å². The molecule has 1 saturated heterocycles. The molecule has 1 aliphatic carbocycles. The monoisotopic (exact) mass is 509 g/mol. The number of allylic oxidation sites excluding steroid dienone is 1. The summed E-state index contributed by atoms with van der Waals surface area (Å²) in [6.45, 7) is 6.80. The van der Waals surface area contributed by atoms with Crippen molar-refractivity contribution >= 4 is 29.6 Å². The molecule has 10 nitrogen and oxygen atoms in total. The summed E-state index contributed by atoms with van der Waals surface area (Å²) in [5.41, 5.74) is 7.31. The smallest absolute Gasteiger partial charge is 0.335 e. The van der Waals surface area contributed by atoms with Crippen molar-refractivity contribution in [3.63, 3.8) is 0 Å². The molecule has 0 spiro atoms. The summed E-state index contributed by atoms with van der Waals surface area (Å²) in [4.78, 5) is 33.6. The van der Waals surface area contributed by atoms with Crippen LogP contribution in [0.1, 0.15) is 54.6 Å². The molecule has 2 aliphatic rings. The molecule has 37 heavy (non-hydrogen) atoms. The Kier molecular flexibility index (Phi) is 11.9. The first-order chi connectivity index (χ1) is 17.8. The summed E-state index contributed by atoms with van der Waals surface area (Å²) in [7, 11) is 4.15. The van der Waals surface area contributed by atoms with Gasteiger partial charge in [-0.1, -0.05) is 32.1 Å². The summed E-state index contributed by atoms with van der Waals surface area (Å²) in [6.07, 6.45) is 9.28. The number of carbonyl (C=O) groups excluding carboxylic acids is 1. The third kappa shape index (κ3) is 9.07. The van der Waals surface area contributed by atoms with E-state index in [1.54, 1.807) is 18.2 Å². The van der Waals surface area contributed by atoms with Gasteiger partial charge in [0.05, 0.1) is 16.8 Å². The molecule has 0 radical (unpaired) electrons. The average molecular weight is 510 g/mol. The average Bonchev–Trinajstić information content (AvgIpc) is 3.67. The van der Waals surface area contributed by atoms with Crippen molar-refractivity contribution in [2.75, 3.05) is 44.8 Å². The molecule has 0 amide bonds. The number of anilines is 2. The number of likely N-dealkylation sites (N-methyl/N-ethyl adjacent to an activating group) is 2. The van der Waals surface area contributed by atoms with E-state index in [1.807, 2.05) is 19.9 Å². The largest absolute Gasteiger partial charge is 0.478 e. The zero-order chi connectivity index (χ0) is 27.4. The normalized spacial score (nSPS) is 16.9. The van der Waals surface area contributed by atoms with Crippen molar-refractivity contribution in [2.24, 2.45) is 0 Å². The number of nitrogen functional groups attached to an aromatic ring is 1. The molecule has 2 heterocycles. The van der Waals surface area contributed by atoms with Gasteiger partial charge in [0.15, 0.2) is 0 Å². The number of benzene rings is 1. The highest BCUT2D eigenvalue weighted by atomic mass is 16.4. The molecule has 1 atom stereocenters. The third-order valence-electron chi connectivity index (χ3n) is 6.06. The second-order valence-corrected chi connectivity index (χ2v) is 8.87. The molecule has 2 fully saturated rings. The van der Waals surface area contributed by atoms with Crippen molar-refractivity contribution in [3.8, 4) is 0 Å². The standard InChI is InChI=1S/C17H20N6O2.C8H13NO.C2H6/c1-23-7-6-12(8-23)22-16-13(15(19)20-9-21-16)14(18)10-2-4-11(5-3-10)17(24)25;1-9(8-4-5-8)6-2-3-7-10;1-2/h2-5,9,12,18H,6-8H2,1H3,(H,24,25)(H3,19,20,21,22);2-3,7-8H,4-6H2,1H3;1-2H3/b;3-2+;. The van der Waals surface area contributed by atoms with Crippen LogP contribution in [0.25, 0.3) is 0 Å². The van der Waals surface area contributed by atoms with Gasteiger partial charge in [0.1, 0.15) is 24.2 Å². The molecule has 1 aliphatic heterocycles. The highest BCUT2D eigenvalue weighted by Gasteiger charge is 2.25. The second kappa shape index (κ2) is 14.8. The first-order valence-corrected chi connectivity index (χ1v) is 12.6. The fourth-order valence-corrected chi connectivity index (χ4v) is 3.87. The van der Waals surface area contributed by atoms with Gasteiger partial charge in [0, 0.05) is 30.7 Å². The summed E-state index contributed by atoms with van der Waals surface area (Å²) in [5, 5.41) is 20.8. The van der Waals surface area contributed by atoms with E-state index in [2.05, 4.69) is 39.2 Å². The van der Waals surface area contributed by atoms with Crippen LogP contribution in [0.15, 0.2) is 42.7 Å². The maximum Gasteiger partial charge on any atom is 0.335 e. The molecule has 10 heteroatoms. The summed E-state index contributed by atoms with van der Waals surface area (Å²) in [6, 6.07) is 7.13. The van der Waals surface area contributed by atoms with Crippen molar-refractivity contribution in [2.45, 2.75) is 45.2 Å². The quantitative estimate of drug-likeness (QED) is 0.227. The van der Waals surface area contributed by atoms with Gasteiger partial charge in [-0.25, -0.2) is 14.8 Å². The van der Waals surface area contributed by atoms with Crippen molar-refractivity contribution in [1.29, 1.82) is 5.41 Å². The number of carboxylic acids is 1. The highest BCUT2D eigenvalue weighted by Crippen LogP contribution is 2.25. The zero-order valence-corrected chi connectivity index (χ0v) is 22.1. The molecular formula is C27H39N7O3. The van der Waals surface area contributed by atoms with Crippen LogP contribution in [-0.4, -0.2) is 88.7 Å². The predicted molar refractivity (Wildman–Crippen MR) is 148 cm³/mol. The zero-order valence-electron chi connectivity index (χ0n) is 22.1. The van der Waals surface area contributed by atoms with E-state index in [4.69, 9.17) is 16.2 Å². The Bertz CT molecular complexity index is 1070. The number of aromatic nitrogens is 2. The summed E-state index contributed by atoms with van der Waals surface area (Å²) in [5.74, 6) is -0.260. The Morgan fingerprint density at radius 1 is 1.22 bits per heavy atom. The van der Waals surface area contributed by atoms with Gasteiger partial charge in [0.25, 0.3) is 0 Å². The molecule has 0 bridgehead atoms. The number of aromatic carboxylic acids is 1. The Morgan fingerprint density at radius 2 is 1.86 bits per heavy atom. The van der Waals surface area contributed by atoms with Crippen LogP contribution in [0.2, 0.25) is 0 Å². The van der Waals surface area contributed by atoms with Crippen molar-refractivity contribution in [3.05, 3.63) is 59.4 Å². The SMILES string of the molecule is CC.CN(C/C=C/C=O)C1CC1.CN1CCC(Nc2ncnc(N)c2C(=N)c2ccc(C(=O)O)cc2)C1.